The molecule has 0 atom stereocenters. The molecule has 2 heterocycles. The van der Waals surface area contributed by atoms with Gasteiger partial charge >= 0.3 is 5.97 Å². The quantitative estimate of drug-likeness (QED) is 0.828. The summed E-state index contributed by atoms with van der Waals surface area (Å²) >= 11 is 3.28. The molecule has 6 nitrogen and oxygen atoms in total. The Bertz CT molecular complexity index is 642. The average molecular weight is 398 g/mol. The number of carboxylic acids is 1. The number of carbonyl (C=O) groups excluding carboxylic acids is 1. The van der Waals surface area contributed by atoms with Crippen molar-refractivity contribution in [3.63, 3.8) is 0 Å². The number of aromatic carboxylic acids is 1. The van der Waals surface area contributed by atoms with Gasteiger partial charge in [0, 0.05) is 41.8 Å². The molecule has 2 aliphatic rings. The van der Waals surface area contributed by atoms with Crippen LogP contribution in [0, 0.1) is 5.41 Å². The van der Waals surface area contributed by atoms with Crippen molar-refractivity contribution in [2.75, 3.05) is 39.5 Å². The van der Waals surface area contributed by atoms with Gasteiger partial charge in [-0.1, -0.05) is 15.9 Å². The summed E-state index contributed by atoms with van der Waals surface area (Å²) in [7, 11) is 0. The highest BCUT2D eigenvalue weighted by Gasteiger charge is 2.38. The van der Waals surface area contributed by atoms with Crippen molar-refractivity contribution in [3.8, 4) is 0 Å². The molecule has 1 spiro atoms. The molecule has 1 N–H and O–H groups in total. The van der Waals surface area contributed by atoms with E-state index in [1.165, 1.54) is 12.1 Å². The number of carbonyl (C=O) groups is 2. The average Bonchev–Trinajstić information content (AvgIpc) is 2.77. The molecule has 24 heavy (non-hydrogen) atoms. The standard InChI is InChI=1S/C17H20BrNO5/c18-14-8-12(7-13(9-14)16(21)22)15(20)19-3-6-24-11-17(10-19)1-4-23-5-2-17/h7-9H,1-6,10-11H2,(H,21,22). The zero-order valence-electron chi connectivity index (χ0n) is 13.3. The fraction of sp³-hybridized carbons (Fsp3) is 0.529. The Hall–Kier alpha value is -1.44. The lowest BCUT2D eigenvalue weighted by Crippen LogP contribution is -2.44. The number of hydrogen-bond acceptors (Lipinski definition) is 4. The molecule has 3 rings (SSSR count). The molecule has 0 bridgehead atoms. The van der Waals surface area contributed by atoms with Crippen molar-refractivity contribution in [2.45, 2.75) is 12.8 Å². The number of hydrogen-bond donors (Lipinski definition) is 1. The van der Waals surface area contributed by atoms with Crippen LogP contribution in [0.2, 0.25) is 0 Å². The van der Waals surface area contributed by atoms with Crippen LogP contribution in [-0.2, 0) is 9.47 Å². The Morgan fingerprint density at radius 3 is 2.50 bits per heavy atom. The van der Waals surface area contributed by atoms with Gasteiger partial charge in [0.2, 0.25) is 0 Å². The van der Waals surface area contributed by atoms with Crippen molar-refractivity contribution in [1.29, 1.82) is 0 Å². The molecule has 0 aromatic heterocycles. The maximum atomic E-state index is 12.9. The molecule has 2 aliphatic heterocycles. The van der Waals surface area contributed by atoms with Crippen LogP contribution in [0.25, 0.3) is 0 Å². The molecule has 130 valence electrons. The Labute approximate surface area is 148 Å². The molecular weight excluding hydrogens is 378 g/mol. The van der Waals surface area contributed by atoms with Gasteiger partial charge in [0.25, 0.3) is 5.91 Å². The molecule has 1 amide bonds. The van der Waals surface area contributed by atoms with Crippen LogP contribution in [-0.4, -0.2) is 61.4 Å². The molecule has 0 saturated carbocycles. The number of nitrogens with zero attached hydrogens (tertiary/aromatic N) is 1. The zero-order chi connectivity index (χ0) is 17.2. The predicted octanol–water partition coefficient (Wildman–Crippen LogP) is 2.42. The van der Waals surface area contributed by atoms with Crippen LogP contribution in [0.15, 0.2) is 22.7 Å². The second-order valence-corrected chi connectivity index (χ2v) is 7.34. The first-order chi connectivity index (χ1) is 11.5. The first kappa shape index (κ1) is 17.4. The highest BCUT2D eigenvalue weighted by molar-refractivity contribution is 9.10. The highest BCUT2D eigenvalue weighted by atomic mass is 79.9. The Morgan fingerprint density at radius 1 is 1.08 bits per heavy atom. The van der Waals surface area contributed by atoms with Gasteiger partial charge in [-0.2, -0.15) is 0 Å². The lowest BCUT2D eigenvalue weighted by molar-refractivity contribution is -0.0304. The summed E-state index contributed by atoms with van der Waals surface area (Å²) in [4.78, 5) is 25.9. The van der Waals surface area contributed by atoms with Crippen molar-refractivity contribution in [1.82, 2.24) is 4.90 Å². The minimum Gasteiger partial charge on any atom is -0.478 e. The smallest absolute Gasteiger partial charge is 0.335 e. The third-order valence-electron chi connectivity index (χ3n) is 4.67. The van der Waals surface area contributed by atoms with Gasteiger partial charge in [-0.25, -0.2) is 4.79 Å². The van der Waals surface area contributed by atoms with E-state index in [1.54, 1.807) is 11.0 Å². The second kappa shape index (κ2) is 7.21. The maximum Gasteiger partial charge on any atom is 0.335 e. The van der Waals surface area contributed by atoms with Gasteiger partial charge in [0.15, 0.2) is 0 Å². The van der Waals surface area contributed by atoms with Crippen LogP contribution in [0.4, 0.5) is 0 Å². The SMILES string of the molecule is O=C(O)c1cc(Br)cc(C(=O)N2CCOCC3(CCOCC3)C2)c1. The number of benzene rings is 1. The fourth-order valence-corrected chi connectivity index (χ4v) is 3.79. The largest absolute Gasteiger partial charge is 0.478 e. The normalized spacial score (nSPS) is 20.6. The summed E-state index contributed by atoms with van der Waals surface area (Å²) in [6, 6.07) is 4.58. The van der Waals surface area contributed by atoms with Crippen LogP contribution < -0.4 is 0 Å². The summed E-state index contributed by atoms with van der Waals surface area (Å²) < 4.78 is 11.8. The third kappa shape index (κ3) is 3.79. The van der Waals surface area contributed by atoms with Crippen LogP contribution in [0.5, 0.6) is 0 Å². The lowest BCUT2D eigenvalue weighted by atomic mass is 9.80. The van der Waals surface area contributed by atoms with E-state index in [4.69, 9.17) is 9.47 Å². The Morgan fingerprint density at radius 2 is 1.79 bits per heavy atom. The van der Waals surface area contributed by atoms with Gasteiger partial charge in [0.1, 0.15) is 0 Å². The summed E-state index contributed by atoms with van der Waals surface area (Å²) in [5.74, 6) is -1.21. The van der Waals surface area contributed by atoms with Gasteiger partial charge in [-0.05, 0) is 31.0 Å². The molecule has 1 aromatic rings. The van der Waals surface area contributed by atoms with E-state index in [2.05, 4.69) is 15.9 Å². The van der Waals surface area contributed by atoms with Crippen LogP contribution >= 0.6 is 15.9 Å². The van der Waals surface area contributed by atoms with Gasteiger partial charge in [-0.15, -0.1) is 0 Å². The molecule has 2 fully saturated rings. The maximum absolute atomic E-state index is 12.9. The number of ether oxygens (including phenoxy) is 2. The van der Waals surface area contributed by atoms with Crippen LogP contribution in [0.1, 0.15) is 33.6 Å². The van der Waals surface area contributed by atoms with E-state index in [0.717, 1.165) is 12.8 Å². The van der Waals surface area contributed by atoms with Crippen LogP contribution in [0.3, 0.4) is 0 Å². The minimum atomic E-state index is -1.05. The Kier molecular flexibility index (Phi) is 5.22. The van der Waals surface area contributed by atoms with Crippen molar-refractivity contribution in [3.05, 3.63) is 33.8 Å². The molecule has 0 aliphatic carbocycles. The Balaban J connectivity index is 1.84. The van der Waals surface area contributed by atoms with Crippen molar-refractivity contribution < 1.29 is 24.2 Å². The molecule has 0 unspecified atom stereocenters. The van der Waals surface area contributed by atoms with Gasteiger partial charge in [0.05, 0.1) is 18.8 Å². The molecular formula is C17H20BrNO5. The number of amides is 1. The van der Waals surface area contributed by atoms with E-state index in [0.29, 0.717) is 49.6 Å². The summed E-state index contributed by atoms with van der Waals surface area (Å²) in [6.07, 6.45) is 1.74. The first-order valence-corrected chi connectivity index (χ1v) is 8.77. The lowest BCUT2D eigenvalue weighted by Gasteiger charge is -2.38. The highest BCUT2D eigenvalue weighted by Crippen LogP contribution is 2.34. The predicted molar refractivity (Wildman–Crippen MR) is 90.3 cm³/mol. The second-order valence-electron chi connectivity index (χ2n) is 6.43. The third-order valence-corrected chi connectivity index (χ3v) is 5.13. The van der Waals surface area contributed by atoms with E-state index < -0.39 is 5.97 Å². The number of carboxylic acid groups (broad SMARTS) is 1. The van der Waals surface area contributed by atoms with E-state index in [-0.39, 0.29) is 16.9 Å². The number of rotatable bonds is 2. The van der Waals surface area contributed by atoms with E-state index in [1.807, 2.05) is 0 Å². The molecule has 0 radical (unpaired) electrons. The summed E-state index contributed by atoms with van der Waals surface area (Å²) in [5.41, 5.74) is 0.414. The monoisotopic (exact) mass is 397 g/mol. The van der Waals surface area contributed by atoms with Gasteiger partial charge < -0.3 is 19.5 Å². The van der Waals surface area contributed by atoms with Crippen molar-refractivity contribution >= 4 is 27.8 Å². The zero-order valence-corrected chi connectivity index (χ0v) is 14.9. The van der Waals surface area contributed by atoms with Crippen molar-refractivity contribution in [2.24, 2.45) is 5.41 Å². The van der Waals surface area contributed by atoms with E-state index in [9.17, 15) is 14.7 Å². The summed E-state index contributed by atoms with van der Waals surface area (Å²) in [5, 5.41) is 9.19. The molecule has 7 heteroatoms. The molecule has 2 saturated heterocycles. The van der Waals surface area contributed by atoms with E-state index >= 15 is 0 Å². The molecule has 1 aromatic carbocycles. The van der Waals surface area contributed by atoms with Gasteiger partial charge in [-0.3, -0.25) is 4.79 Å². The summed E-state index contributed by atoms with van der Waals surface area (Å²) in [6.45, 7) is 3.63. The minimum absolute atomic E-state index is 0.0634. The number of halogens is 1. The topological polar surface area (TPSA) is 76.1 Å². The first-order valence-electron chi connectivity index (χ1n) is 7.98. The fourth-order valence-electron chi connectivity index (χ4n) is 3.29.